The molecule has 6 aliphatic carbocycles. The molecule has 0 saturated carbocycles. The lowest BCUT2D eigenvalue weighted by atomic mass is 9.59. The Labute approximate surface area is 764 Å². The van der Waals surface area contributed by atoms with Crippen LogP contribution < -0.4 is 20.7 Å². The quantitative estimate of drug-likeness (QED) is 0.116. The second-order valence-corrected chi connectivity index (χ2v) is 39.8. The number of fused-ring (bicyclic) bond motifs is 15. The van der Waals surface area contributed by atoms with Crippen LogP contribution in [-0.4, -0.2) is 46.3 Å². The van der Waals surface area contributed by atoms with E-state index < -0.39 is 8.07 Å². The van der Waals surface area contributed by atoms with Crippen LogP contribution in [0, 0.1) is 0 Å². The lowest BCUT2D eigenvalue weighted by Crippen LogP contribution is -2.74. The highest BCUT2D eigenvalue weighted by molar-refractivity contribution is 9.10. The van der Waals surface area contributed by atoms with E-state index in [0.29, 0.717) is 17.7 Å². The van der Waals surface area contributed by atoms with Crippen LogP contribution in [-0.2, 0) is 0 Å². The van der Waals surface area contributed by atoms with E-state index in [9.17, 15) is 0 Å². The highest BCUT2D eigenvalue weighted by Gasteiger charge is 2.48. The number of para-hydroxylation sites is 8. The van der Waals surface area contributed by atoms with Gasteiger partial charge in [-0.05, 0) is 185 Å². The fourth-order valence-electron chi connectivity index (χ4n) is 23.7. The second kappa shape index (κ2) is 29.7. The highest BCUT2D eigenvalue weighted by atomic mass is 79.9. The first-order chi connectivity index (χ1) is 65.0. The summed E-state index contributed by atoms with van der Waals surface area (Å²) in [5.41, 5.74) is 31.9. The van der Waals surface area contributed by atoms with Gasteiger partial charge in [-0.2, -0.15) is 15.0 Å². The number of H-pyrrole nitrogens is 1. The van der Waals surface area contributed by atoms with Gasteiger partial charge in [-0.3, -0.25) is 9.13 Å². The minimum absolute atomic E-state index is 0.0437. The molecule has 8 nitrogen and oxygen atoms in total. The van der Waals surface area contributed by atoms with Gasteiger partial charge in [0.1, 0.15) is 0 Å². The monoisotopic (exact) mass is 1750 g/mol. The third-order valence-corrected chi connectivity index (χ3v) is 33.9. The van der Waals surface area contributed by atoms with Crippen LogP contribution in [0.25, 0.3) is 144 Å². The molecule has 4 unspecified atom stereocenters. The van der Waals surface area contributed by atoms with Gasteiger partial charge in [0.2, 0.25) is 11.9 Å². The van der Waals surface area contributed by atoms with Gasteiger partial charge in [-0.1, -0.05) is 368 Å². The van der Waals surface area contributed by atoms with E-state index in [-0.39, 0.29) is 23.7 Å². The van der Waals surface area contributed by atoms with E-state index in [4.69, 9.17) is 15.0 Å². The summed E-state index contributed by atoms with van der Waals surface area (Å²) in [5.74, 6) is 2.10. The van der Waals surface area contributed by atoms with Crippen LogP contribution in [0.1, 0.15) is 90.4 Å². The van der Waals surface area contributed by atoms with Gasteiger partial charge in [0.05, 0.1) is 44.1 Å². The Hall–Kier alpha value is -16.1. The third kappa shape index (κ3) is 11.1. The molecule has 1 N–H and O–H groups in total. The number of aromatic amines is 1. The SMILES string of the molecule is Brc1ccccc1.c1ccc(-n2c3ccccc3c3c4c(ccc32)C2c3ccccc3C4c3c2ccc2[nH]c4ccccc4c32)cc1.c1ccc(-n2c3ccccc3c3c4c(ccc32)C2c3ccccc3C4c3c2ccc2c3c3ccccc3n2-c2nc(-c3cccc([Si](c4ccccc4)(c4ccccc4)c4ccccc4)c3)nc(-n3c4ccccc4c4ccccc43)n2)cc1. The number of benzene rings is 19. The summed E-state index contributed by atoms with van der Waals surface area (Å²) in [7, 11) is -2.95. The summed E-state index contributed by atoms with van der Waals surface area (Å²) >= 11 is 3.31. The molecule has 0 fully saturated rings. The molecule has 4 bridgehead atoms. The first-order valence-corrected chi connectivity index (χ1v) is 48.0. The maximum atomic E-state index is 5.74. The first-order valence-electron chi connectivity index (χ1n) is 45.2. The molecule has 0 amide bonds. The molecule has 0 aliphatic heterocycles. The normalized spacial score (nSPS) is 14.9. The number of nitrogens with zero attached hydrogens (tertiary/aromatic N) is 7. The predicted molar refractivity (Wildman–Crippen MR) is 546 cm³/mol. The van der Waals surface area contributed by atoms with E-state index in [1.54, 1.807) is 0 Å². The van der Waals surface area contributed by atoms with Crippen LogP contribution in [0.3, 0.4) is 0 Å². The zero-order chi connectivity index (χ0) is 86.1. The van der Waals surface area contributed by atoms with E-state index >= 15 is 0 Å². The van der Waals surface area contributed by atoms with Crippen LogP contribution in [0.2, 0.25) is 0 Å². The second-order valence-electron chi connectivity index (χ2n) is 35.1. The van der Waals surface area contributed by atoms with Crippen molar-refractivity contribution in [3.8, 4) is 34.7 Å². The van der Waals surface area contributed by atoms with Crippen molar-refractivity contribution >= 4 is 154 Å². The number of halogens is 1. The van der Waals surface area contributed by atoms with E-state index in [1.165, 1.54) is 169 Å². The Morgan fingerprint density at radius 2 is 0.542 bits per heavy atom. The summed E-state index contributed by atoms with van der Waals surface area (Å²) in [6.45, 7) is 0. The maximum Gasteiger partial charge on any atom is 0.240 e. The number of aromatic nitrogens is 8. The van der Waals surface area contributed by atoms with E-state index in [2.05, 4.69) is 458 Å². The van der Waals surface area contributed by atoms with E-state index in [0.717, 1.165) is 48.6 Å². The fraction of sp³-hybridized carbons (Fsp3) is 0.0331. The number of nitrogens with one attached hydrogen (secondary N) is 1. The number of hydrogen-bond donors (Lipinski definition) is 1. The molecule has 31 rings (SSSR count). The van der Waals surface area contributed by atoms with Crippen LogP contribution in [0.5, 0.6) is 0 Å². The number of hydrogen-bond acceptors (Lipinski definition) is 3. The van der Waals surface area contributed by atoms with Gasteiger partial charge in [0, 0.05) is 110 Å². The van der Waals surface area contributed by atoms with Gasteiger partial charge in [0.15, 0.2) is 13.9 Å². The van der Waals surface area contributed by atoms with Crippen molar-refractivity contribution in [2.24, 2.45) is 0 Å². The summed E-state index contributed by atoms with van der Waals surface area (Å²) < 4.78 is 10.6. The summed E-state index contributed by atoms with van der Waals surface area (Å²) in [4.78, 5) is 20.8. The molecule has 0 saturated heterocycles. The van der Waals surface area contributed by atoms with Gasteiger partial charge < -0.3 is 14.1 Å². The molecular formula is C121H79BrN8Si. The Bertz CT molecular complexity index is 8810. The van der Waals surface area contributed by atoms with Crippen LogP contribution in [0.15, 0.2) is 453 Å². The van der Waals surface area contributed by atoms with Crippen molar-refractivity contribution in [2.75, 3.05) is 0 Å². The average Bonchev–Trinajstić information content (AvgIpc) is 1.62. The van der Waals surface area contributed by atoms with Gasteiger partial charge in [-0.15, -0.1) is 0 Å². The molecule has 6 heterocycles. The Balaban J connectivity index is 0.000000154. The summed E-state index contributed by atoms with van der Waals surface area (Å²) in [6, 6.07) is 164. The molecule has 25 aromatic rings. The molecule has 6 aromatic heterocycles. The van der Waals surface area contributed by atoms with Gasteiger partial charge in [-0.25, -0.2) is 0 Å². The summed E-state index contributed by atoms with van der Waals surface area (Å²) in [6.07, 6.45) is 0. The Morgan fingerprint density at radius 3 is 0.969 bits per heavy atom. The fourth-order valence-corrected chi connectivity index (χ4v) is 28.8. The van der Waals surface area contributed by atoms with Gasteiger partial charge >= 0.3 is 0 Å². The van der Waals surface area contributed by atoms with Crippen molar-refractivity contribution in [1.29, 1.82) is 0 Å². The number of rotatable bonds is 9. The van der Waals surface area contributed by atoms with Gasteiger partial charge in [0.25, 0.3) is 0 Å². The standard InChI is InChI=1S/C77H50N6Si.C38H24N2.C6H5Br/c1-5-25-50(26-6-1)81-65-42-21-17-38-59(65)70-67(81)46-44-61-69-57-36-13-14-37-58(57)72(73(61)70)74-62(69)45-47-68-71(74)60-39-18-22-43-66(60)83(68)77-79-75(78-76(80-77)82-63-40-19-15-34-55(63)56-35-16-20-41-64(56)82)49-24-23-33-54(48-49)84(51-27-7-2-8-28-51,52-29-9-3-10-30-52)53-31-11-4-12-32-53;1-2-10-22(11-3-1)40-31-17-9-7-15-26(31)35-32(40)21-19-28-33-23-12-4-5-13-24(23)36(38(28)35)37-27(33)18-20-30-34(37)25-14-6-8-16-29(25)39-30;7-6-4-2-1-3-5-6/h1-48,69,72H;1-21,33,36,39H;1-5H. The zero-order valence-corrected chi connectivity index (χ0v) is 73.6. The molecule has 4 atom stereocenters. The first kappa shape index (κ1) is 75.1. The summed E-state index contributed by atoms with van der Waals surface area (Å²) in [5, 5.41) is 17.8. The predicted octanol–water partition coefficient (Wildman–Crippen LogP) is 27.0. The maximum absolute atomic E-state index is 5.74. The van der Waals surface area contributed by atoms with Crippen molar-refractivity contribution in [3.63, 3.8) is 0 Å². The molecule has 0 spiro atoms. The lowest BCUT2D eigenvalue weighted by Gasteiger charge is -2.43. The van der Waals surface area contributed by atoms with Crippen molar-refractivity contribution in [1.82, 2.24) is 38.2 Å². The zero-order valence-electron chi connectivity index (χ0n) is 71.0. The smallest absolute Gasteiger partial charge is 0.240 e. The van der Waals surface area contributed by atoms with Crippen LogP contribution in [0.4, 0.5) is 0 Å². The van der Waals surface area contributed by atoms with Crippen molar-refractivity contribution < 1.29 is 0 Å². The highest BCUT2D eigenvalue weighted by Crippen LogP contribution is 2.63. The van der Waals surface area contributed by atoms with E-state index in [1.807, 2.05) is 30.3 Å². The average molecular weight is 1750 g/mol. The van der Waals surface area contributed by atoms with Crippen molar-refractivity contribution in [3.05, 3.63) is 520 Å². The molecule has 19 aromatic carbocycles. The van der Waals surface area contributed by atoms with Crippen LogP contribution >= 0.6 is 15.9 Å². The molecule has 131 heavy (non-hydrogen) atoms. The molecule has 614 valence electrons. The largest absolute Gasteiger partial charge is 0.355 e. The molecule has 6 aliphatic rings. The minimum Gasteiger partial charge on any atom is -0.355 e. The third-order valence-electron chi connectivity index (χ3n) is 28.6. The Kier molecular flexibility index (Phi) is 17.0. The minimum atomic E-state index is -2.95. The Morgan fingerprint density at radius 1 is 0.221 bits per heavy atom. The molecule has 0 radical (unpaired) electrons. The molecular weight excluding hydrogens is 1670 g/mol. The molecule has 10 heteroatoms. The lowest BCUT2D eigenvalue weighted by molar-refractivity contribution is 0.768. The topological polar surface area (TPSA) is 74.2 Å². The van der Waals surface area contributed by atoms with Crippen molar-refractivity contribution in [2.45, 2.75) is 23.7 Å².